The van der Waals surface area contributed by atoms with Crippen LogP contribution in [0.4, 0.5) is 0 Å². The smallest absolute Gasteiger partial charge is 0.251 e. The molecule has 25 heavy (non-hydrogen) atoms. The van der Waals surface area contributed by atoms with Gasteiger partial charge in [-0.05, 0) is 37.5 Å². The molecule has 5 nitrogen and oxygen atoms in total. The summed E-state index contributed by atoms with van der Waals surface area (Å²) in [5.74, 6) is -0.720. The molecule has 0 aliphatic heterocycles. The maximum absolute atomic E-state index is 12.1. The maximum atomic E-state index is 12.1. The molecule has 1 unspecified atom stereocenters. The quantitative estimate of drug-likeness (QED) is 0.477. The molecule has 0 aliphatic carbocycles. The largest absolute Gasteiger partial charge is 0.366 e. The van der Waals surface area contributed by atoms with Crippen LogP contribution < -0.4 is 16.8 Å². The van der Waals surface area contributed by atoms with E-state index in [0.29, 0.717) is 17.7 Å². The summed E-state index contributed by atoms with van der Waals surface area (Å²) in [6.07, 6.45) is 10.5. The van der Waals surface area contributed by atoms with Crippen LogP contribution in [0, 0.1) is 0 Å². The molecule has 0 saturated heterocycles. The van der Waals surface area contributed by atoms with Gasteiger partial charge in [-0.2, -0.15) is 0 Å². The minimum absolute atomic E-state index is 0.187. The predicted octanol–water partition coefficient (Wildman–Crippen LogP) is 3.37. The van der Waals surface area contributed by atoms with Crippen molar-refractivity contribution in [3.8, 4) is 0 Å². The van der Waals surface area contributed by atoms with Gasteiger partial charge in [0.15, 0.2) is 0 Å². The second-order valence-corrected chi connectivity index (χ2v) is 6.66. The van der Waals surface area contributed by atoms with E-state index >= 15 is 0 Å². The molecule has 0 aromatic heterocycles. The van der Waals surface area contributed by atoms with E-state index in [1.807, 2.05) is 0 Å². The van der Waals surface area contributed by atoms with Gasteiger partial charge in [-0.25, -0.2) is 0 Å². The Morgan fingerprint density at radius 1 is 1.00 bits per heavy atom. The number of carbonyl (C=O) groups excluding carboxylic acids is 2. The SMILES string of the molecule is CCCCCCCCC(N)CCCNC(=O)c1cccc(C(N)=O)c1. The minimum atomic E-state index is -0.532. The Morgan fingerprint density at radius 2 is 1.64 bits per heavy atom. The van der Waals surface area contributed by atoms with Gasteiger partial charge in [0.25, 0.3) is 5.91 Å². The van der Waals surface area contributed by atoms with Gasteiger partial charge in [-0.3, -0.25) is 9.59 Å². The summed E-state index contributed by atoms with van der Waals surface area (Å²) in [5.41, 5.74) is 12.2. The van der Waals surface area contributed by atoms with Gasteiger partial charge in [0, 0.05) is 23.7 Å². The molecule has 0 bridgehead atoms. The molecule has 1 atom stereocenters. The van der Waals surface area contributed by atoms with E-state index in [-0.39, 0.29) is 11.9 Å². The van der Waals surface area contributed by atoms with Crippen LogP contribution in [-0.2, 0) is 0 Å². The van der Waals surface area contributed by atoms with E-state index < -0.39 is 5.91 Å². The molecule has 0 heterocycles. The molecule has 140 valence electrons. The Hall–Kier alpha value is -1.88. The third-order valence-electron chi connectivity index (χ3n) is 4.37. The molecule has 0 spiro atoms. The maximum Gasteiger partial charge on any atom is 0.251 e. The van der Waals surface area contributed by atoms with Crippen LogP contribution in [-0.4, -0.2) is 24.4 Å². The number of nitrogens with one attached hydrogen (secondary N) is 1. The molecule has 0 saturated carbocycles. The standard InChI is InChI=1S/C20H33N3O2/c1-2-3-4-5-6-7-12-18(21)13-9-14-23-20(25)17-11-8-10-16(15-17)19(22)24/h8,10-11,15,18H,2-7,9,12-14,21H2,1H3,(H2,22,24)(H,23,25). The molecule has 1 aromatic carbocycles. The van der Waals surface area contributed by atoms with E-state index in [1.165, 1.54) is 44.6 Å². The van der Waals surface area contributed by atoms with Gasteiger partial charge in [0.1, 0.15) is 0 Å². The predicted molar refractivity (Wildman–Crippen MR) is 102 cm³/mol. The Balaban J connectivity index is 2.15. The summed E-state index contributed by atoms with van der Waals surface area (Å²) in [5, 5.41) is 2.86. The lowest BCUT2D eigenvalue weighted by Crippen LogP contribution is -2.27. The van der Waals surface area contributed by atoms with E-state index in [0.717, 1.165) is 19.3 Å². The first-order valence-corrected chi connectivity index (χ1v) is 9.48. The molecule has 0 fully saturated rings. The van der Waals surface area contributed by atoms with Crippen molar-refractivity contribution in [2.24, 2.45) is 11.5 Å². The number of benzene rings is 1. The molecular weight excluding hydrogens is 314 g/mol. The van der Waals surface area contributed by atoms with Crippen LogP contribution >= 0.6 is 0 Å². The van der Waals surface area contributed by atoms with Crippen molar-refractivity contribution in [3.05, 3.63) is 35.4 Å². The van der Waals surface area contributed by atoms with Crippen LogP contribution in [0.3, 0.4) is 0 Å². The molecule has 5 N–H and O–H groups in total. The highest BCUT2D eigenvalue weighted by Crippen LogP contribution is 2.10. The van der Waals surface area contributed by atoms with Crippen molar-refractivity contribution in [1.82, 2.24) is 5.32 Å². The Bertz CT molecular complexity index is 531. The van der Waals surface area contributed by atoms with Crippen molar-refractivity contribution in [2.75, 3.05) is 6.54 Å². The molecule has 2 amide bonds. The van der Waals surface area contributed by atoms with Gasteiger partial charge in [-0.1, -0.05) is 51.5 Å². The fourth-order valence-corrected chi connectivity index (χ4v) is 2.81. The number of unbranched alkanes of at least 4 members (excludes halogenated alkanes) is 5. The van der Waals surface area contributed by atoms with Crippen molar-refractivity contribution < 1.29 is 9.59 Å². The second kappa shape index (κ2) is 12.5. The Kier molecular flexibility index (Phi) is 10.6. The monoisotopic (exact) mass is 347 g/mol. The van der Waals surface area contributed by atoms with Crippen LogP contribution in [0.25, 0.3) is 0 Å². The normalized spacial score (nSPS) is 11.9. The van der Waals surface area contributed by atoms with Crippen LogP contribution in [0.1, 0.15) is 85.4 Å². The van der Waals surface area contributed by atoms with Crippen molar-refractivity contribution >= 4 is 11.8 Å². The third-order valence-corrected chi connectivity index (χ3v) is 4.37. The Morgan fingerprint density at radius 3 is 2.36 bits per heavy atom. The molecule has 0 aliphatic rings. The van der Waals surface area contributed by atoms with Crippen molar-refractivity contribution in [1.29, 1.82) is 0 Å². The van der Waals surface area contributed by atoms with E-state index in [2.05, 4.69) is 12.2 Å². The summed E-state index contributed by atoms with van der Waals surface area (Å²) >= 11 is 0. The topological polar surface area (TPSA) is 98.2 Å². The first-order chi connectivity index (χ1) is 12.0. The number of rotatable bonds is 13. The number of primary amides is 1. The van der Waals surface area contributed by atoms with E-state index in [1.54, 1.807) is 18.2 Å². The highest BCUT2D eigenvalue weighted by Gasteiger charge is 2.08. The summed E-state index contributed by atoms with van der Waals surface area (Å²) in [6.45, 7) is 2.81. The van der Waals surface area contributed by atoms with E-state index in [9.17, 15) is 9.59 Å². The summed E-state index contributed by atoms with van der Waals surface area (Å²) in [4.78, 5) is 23.2. The van der Waals surface area contributed by atoms with E-state index in [4.69, 9.17) is 11.5 Å². The van der Waals surface area contributed by atoms with Crippen LogP contribution in [0.15, 0.2) is 24.3 Å². The van der Waals surface area contributed by atoms with Crippen molar-refractivity contribution in [3.63, 3.8) is 0 Å². The number of amides is 2. The zero-order chi connectivity index (χ0) is 18.5. The number of carbonyl (C=O) groups is 2. The van der Waals surface area contributed by atoms with Gasteiger partial charge in [0.05, 0.1) is 0 Å². The van der Waals surface area contributed by atoms with Crippen LogP contribution in [0.2, 0.25) is 0 Å². The summed E-state index contributed by atoms with van der Waals surface area (Å²) < 4.78 is 0. The number of nitrogens with two attached hydrogens (primary N) is 2. The summed E-state index contributed by atoms with van der Waals surface area (Å²) in [6, 6.07) is 6.65. The number of hydrogen-bond acceptors (Lipinski definition) is 3. The molecule has 1 rings (SSSR count). The van der Waals surface area contributed by atoms with Gasteiger partial charge in [-0.15, -0.1) is 0 Å². The summed E-state index contributed by atoms with van der Waals surface area (Å²) in [7, 11) is 0. The lowest BCUT2D eigenvalue weighted by Gasteiger charge is -2.12. The van der Waals surface area contributed by atoms with Crippen LogP contribution in [0.5, 0.6) is 0 Å². The second-order valence-electron chi connectivity index (χ2n) is 6.66. The first kappa shape index (κ1) is 21.2. The lowest BCUT2D eigenvalue weighted by atomic mass is 10.0. The first-order valence-electron chi connectivity index (χ1n) is 9.48. The average molecular weight is 348 g/mol. The van der Waals surface area contributed by atoms with Gasteiger partial charge < -0.3 is 16.8 Å². The highest BCUT2D eigenvalue weighted by molar-refractivity contribution is 5.99. The Labute approximate surface area is 151 Å². The fourth-order valence-electron chi connectivity index (χ4n) is 2.81. The average Bonchev–Trinajstić information content (AvgIpc) is 2.61. The lowest BCUT2D eigenvalue weighted by molar-refractivity contribution is 0.0952. The third kappa shape index (κ3) is 9.25. The zero-order valence-electron chi connectivity index (χ0n) is 15.4. The number of hydrogen-bond donors (Lipinski definition) is 3. The van der Waals surface area contributed by atoms with Gasteiger partial charge >= 0.3 is 0 Å². The molecule has 5 heteroatoms. The van der Waals surface area contributed by atoms with Gasteiger partial charge in [0.2, 0.25) is 5.91 Å². The fraction of sp³-hybridized carbons (Fsp3) is 0.600. The molecule has 0 radical (unpaired) electrons. The molecule has 1 aromatic rings. The minimum Gasteiger partial charge on any atom is -0.366 e. The highest BCUT2D eigenvalue weighted by atomic mass is 16.2. The molecular formula is C20H33N3O2. The zero-order valence-corrected chi connectivity index (χ0v) is 15.4. The van der Waals surface area contributed by atoms with Crippen molar-refractivity contribution in [2.45, 2.75) is 70.8 Å².